The third-order valence-electron chi connectivity index (χ3n) is 5.30. The molecular formula is C25H24FN3O4S. The number of urea groups is 1. The third-order valence-corrected chi connectivity index (χ3v) is 6.16. The second kappa shape index (κ2) is 10.1. The third kappa shape index (κ3) is 5.49. The predicted molar refractivity (Wildman–Crippen MR) is 131 cm³/mol. The highest BCUT2D eigenvalue weighted by atomic mass is 32.2. The van der Waals surface area contributed by atoms with Gasteiger partial charge in [-0.15, -0.1) is 0 Å². The Morgan fingerprint density at radius 3 is 2.47 bits per heavy atom. The quantitative estimate of drug-likeness (QED) is 0.239. The SMILES string of the molecule is CC(C)C(NSc1ccc2c(c1)oc1ccc(NC(=O)NCc3ccc(F)cc3)cc12)C(=O)O. The molecule has 1 aromatic heterocycles. The molecule has 0 spiro atoms. The summed E-state index contributed by atoms with van der Waals surface area (Å²) in [6, 6.07) is 15.9. The smallest absolute Gasteiger partial charge is 0.321 e. The number of rotatable bonds is 8. The van der Waals surface area contributed by atoms with Crippen molar-refractivity contribution >= 4 is 51.6 Å². The van der Waals surface area contributed by atoms with Crippen molar-refractivity contribution in [2.75, 3.05) is 5.32 Å². The molecule has 0 aliphatic heterocycles. The van der Waals surface area contributed by atoms with Crippen LogP contribution in [0.4, 0.5) is 14.9 Å². The molecule has 1 atom stereocenters. The molecule has 0 saturated carbocycles. The van der Waals surface area contributed by atoms with Crippen LogP contribution in [0.2, 0.25) is 0 Å². The fourth-order valence-corrected chi connectivity index (χ4v) is 4.40. The van der Waals surface area contributed by atoms with Gasteiger partial charge in [-0.25, -0.2) is 13.9 Å². The van der Waals surface area contributed by atoms with Crippen LogP contribution in [0, 0.1) is 11.7 Å². The van der Waals surface area contributed by atoms with Gasteiger partial charge in [-0.3, -0.25) is 4.79 Å². The van der Waals surface area contributed by atoms with E-state index in [0.717, 1.165) is 21.2 Å². The molecule has 0 aliphatic carbocycles. The Bertz CT molecular complexity index is 1340. The molecule has 9 heteroatoms. The number of fused-ring (bicyclic) bond motifs is 3. The zero-order chi connectivity index (χ0) is 24.2. The topological polar surface area (TPSA) is 104 Å². The van der Waals surface area contributed by atoms with Crippen LogP contribution in [0.3, 0.4) is 0 Å². The standard InChI is InChI=1S/C25H24FN3O4S/c1-14(2)23(24(30)31)29-34-18-8-9-19-20-11-17(7-10-21(20)33-22(19)12-18)28-25(32)27-13-15-3-5-16(26)6-4-15/h3-12,14,23,29H,13H2,1-2H3,(H,30,31)(H2,27,28,32). The van der Waals surface area contributed by atoms with Gasteiger partial charge in [0.2, 0.25) is 0 Å². The molecule has 4 aromatic rings. The van der Waals surface area contributed by atoms with Crippen LogP contribution in [-0.2, 0) is 11.3 Å². The summed E-state index contributed by atoms with van der Waals surface area (Å²) in [4.78, 5) is 24.5. The number of hydrogen-bond donors (Lipinski definition) is 4. The molecule has 3 aromatic carbocycles. The molecular weight excluding hydrogens is 457 g/mol. The van der Waals surface area contributed by atoms with E-state index in [1.54, 1.807) is 24.3 Å². The molecule has 1 heterocycles. The lowest BCUT2D eigenvalue weighted by atomic mass is 10.1. The molecule has 0 bridgehead atoms. The van der Waals surface area contributed by atoms with Gasteiger partial charge in [0.05, 0.1) is 0 Å². The summed E-state index contributed by atoms with van der Waals surface area (Å²) in [5.41, 5.74) is 2.73. The van der Waals surface area contributed by atoms with E-state index in [-0.39, 0.29) is 24.3 Å². The number of hydrogen-bond acceptors (Lipinski definition) is 5. The summed E-state index contributed by atoms with van der Waals surface area (Å²) >= 11 is 1.25. The lowest BCUT2D eigenvalue weighted by Crippen LogP contribution is -2.36. The van der Waals surface area contributed by atoms with Crippen LogP contribution in [0.1, 0.15) is 19.4 Å². The second-order valence-electron chi connectivity index (χ2n) is 8.18. The van der Waals surface area contributed by atoms with Crippen LogP contribution >= 0.6 is 11.9 Å². The second-order valence-corrected chi connectivity index (χ2v) is 9.10. The minimum atomic E-state index is -0.894. The number of halogens is 1. The van der Waals surface area contributed by atoms with Gasteiger partial charge in [0.15, 0.2) is 0 Å². The molecule has 4 rings (SSSR count). The van der Waals surface area contributed by atoms with Crippen molar-refractivity contribution in [1.82, 2.24) is 10.0 Å². The van der Waals surface area contributed by atoms with Crippen LogP contribution in [0.5, 0.6) is 0 Å². The highest BCUT2D eigenvalue weighted by molar-refractivity contribution is 7.97. The molecule has 4 N–H and O–H groups in total. The van der Waals surface area contributed by atoms with Gasteiger partial charge in [-0.05, 0) is 72.0 Å². The van der Waals surface area contributed by atoms with Gasteiger partial charge < -0.3 is 20.2 Å². The maximum atomic E-state index is 13.0. The molecule has 2 amide bonds. The average molecular weight is 482 g/mol. The maximum absolute atomic E-state index is 13.0. The van der Waals surface area contributed by atoms with E-state index in [4.69, 9.17) is 4.42 Å². The van der Waals surface area contributed by atoms with Crippen LogP contribution in [-0.4, -0.2) is 23.1 Å². The molecule has 1 unspecified atom stereocenters. The van der Waals surface area contributed by atoms with E-state index in [0.29, 0.717) is 16.9 Å². The minimum absolute atomic E-state index is 0.0567. The number of carbonyl (C=O) groups is 2. The van der Waals surface area contributed by atoms with Crippen molar-refractivity contribution in [3.63, 3.8) is 0 Å². The Kier molecular flexibility index (Phi) is 7.04. The van der Waals surface area contributed by atoms with Gasteiger partial charge in [0.1, 0.15) is 23.0 Å². The van der Waals surface area contributed by atoms with E-state index < -0.39 is 12.0 Å². The Morgan fingerprint density at radius 2 is 1.76 bits per heavy atom. The number of nitrogens with one attached hydrogen (secondary N) is 3. The summed E-state index contributed by atoms with van der Waals surface area (Å²) in [6.07, 6.45) is 0. The molecule has 0 fully saturated rings. The summed E-state index contributed by atoms with van der Waals surface area (Å²) in [7, 11) is 0. The Morgan fingerprint density at radius 1 is 1.00 bits per heavy atom. The lowest BCUT2D eigenvalue weighted by molar-refractivity contribution is -0.139. The first-order valence-corrected chi connectivity index (χ1v) is 11.5. The molecule has 0 radical (unpaired) electrons. The van der Waals surface area contributed by atoms with Crippen LogP contribution < -0.4 is 15.4 Å². The number of amides is 2. The monoisotopic (exact) mass is 481 g/mol. The zero-order valence-corrected chi connectivity index (χ0v) is 19.4. The number of carbonyl (C=O) groups excluding carboxylic acids is 1. The van der Waals surface area contributed by atoms with Gasteiger partial charge >= 0.3 is 12.0 Å². The van der Waals surface area contributed by atoms with Gasteiger partial charge in [-0.1, -0.05) is 26.0 Å². The van der Waals surface area contributed by atoms with Gasteiger partial charge in [-0.2, -0.15) is 0 Å². The Hall–Kier alpha value is -3.56. The first kappa shape index (κ1) is 23.6. The number of benzene rings is 3. The van der Waals surface area contributed by atoms with Gasteiger partial charge in [0.25, 0.3) is 0 Å². The number of furan rings is 1. The van der Waals surface area contributed by atoms with E-state index in [1.807, 2.05) is 38.1 Å². The maximum Gasteiger partial charge on any atom is 0.321 e. The average Bonchev–Trinajstić information content (AvgIpc) is 3.15. The lowest BCUT2D eigenvalue weighted by Gasteiger charge is -2.16. The number of carboxylic acids is 1. The molecule has 34 heavy (non-hydrogen) atoms. The molecule has 7 nitrogen and oxygen atoms in total. The van der Waals surface area contributed by atoms with Crippen molar-refractivity contribution in [2.45, 2.75) is 31.3 Å². The molecule has 176 valence electrons. The van der Waals surface area contributed by atoms with Crippen LogP contribution in [0.15, 0.2) is 70.0 Å². The molecule has 0 saturated heterocycles. The van der Waals surface area contributed by atoms with Crippen molar-refractivity contribution < 1.29 is 23.5 Å². The largest absolute Gasteiger partial charge is 0.480 e. The molecule has 0 aliphatic rings. The van der Waals surface area contributed by atoms with Gasteiger partial charge in [0, 0.05) is 27.9 Å². The van der Waals surface area contributed by atoms with Crippen molar-refractivity contribution in [2.24, 2.45) is 5.92 Å². The fourth-order valence-electron chi connectivity index (χ4n) is 3.46. The summed E-state index contributed by atoms with van der Waals surface area (Å²) in [6.45, 7) is 3.98. The normalized spacial score (nSPS) is 12.2. The highest BCUT2D eigenvalue weighted by Crippen LogP contribution is 2.33. The minimum Gasteiger partial charge on any atom is -0.480 e. The number of aliphatic carboxylic acids is 1. The summed E-state index contributed by atoms with van der Waals surface area (Å²) in [5, 5.41) is 16.6. The zero-order valence-electron chi connectivity index (χ0n) is 18.6. The Balaban J connectivity index is 1.45. The van der Waals surface area contributed by atoms with E-state index >= 15 is 0 Å². The van der Waals surface area contributed by atoms with Crippen molar-refractivity contribution in [3.05, 3.63) is 72.0 Å². The summed E-state index contributed by atoms with van der Waals surface area (Å²) < 4.78 is 21.9. The number of anilines is 1. The van der Waals surface area contributed by atoms with E-state index in [9.17, 15) is 19.1 Å². The van der Waals surface area contributed by atoms with E-state index in [1.165, 1.54) is 24.1 Å². The van der Waals surface area contributed by atoms with E-state index in [2.05, 4.69) is 15.4 Å². The van der Waals surface area contributed by atoms with Crippen molar-refractivity contribution in [3.8, 4) is 0 Å². The van der Waals surface area contributed by atoms with Crippen LogP contribution in [0.25, 0.3) is 21.9 Å². The first-order valence-electron chi connectivity index (χ1n) is 10.7. The first-order chi connectivity index (χ1) is 16.3. The number of carboxylic acid groups (broad SMARTS) is 1. The highest BCUT2D eigenvalue weighted by Gasteiger charge is 2.21. The predicted octanol–water partition coefficient (Wildman–Crippen LogP) is 5.75. The fraction of sp³-hybridized carbons (Fsp3) is 0.200. The summed E-state index contributed by atoms with van der Waals surface area (Å²) in [5.74, 6) is -1.27. The van der Waals surface area contributed by atoms with Crippen molar-refractivity contribution in [1.29, 1.82) is 0 Å². The Labute approximate surface area is 199 Å².